The summed E-state index contributed by atoms with van der Waals surface area (Å²) in [7, 11) is 0. The molecule has 2 aliphatic rings. The van der Waals surface area contributed by atoms with E-state index < -0.39 is 0 Å². The smallest absolute Gasteiger partial charge is 0.0654 e. The Morgan fingerprint density at radius 2 is 2.60 bits per heavy atom. The molecule has 2 atom stereocenters. The van der Waals surface area contributed by atoms with Gasteiger partial charge in [0.1, 0.15) is 0 Å². The number of aliphatic hydroxyl groups is 1. The highest BCUT2D eigenvalue weighted by atomic mass is 16.3. The lowest BCUT2D eigenvalue weighted by molar-refractivity contribution is 0.286. The average Bonchev–Trinajstić information content (AvgIpc) is 2.30. The minimum absolute atomic E-state index is 0.257. The van der Waals surface area contributed by atoms with E-state index in [9.17, 15) is 0 Å². The van der Waals surface area contributed by atoms with Crippen molar-refractivity contribution in [2.75, 3.05) is 26.2 Å². The summed E-state index contributed by atoms with van der Waals surface area (Å²) in [5.41, 5.74) is 1.22. The van der Waals surface area contributed by atoms with Gasteiger partial charge in [-0.2, -0.15) is 0 Å². The Hall–Kier alpha value is -0.340. The molecule has 10 heavy (non-hydrogen) atoms. The van der Waals surface area contributed by atoms with Crippen molar-refractivity contribution in [2.24, 2.45) is 5.92 Å². The van der Waals surface area contributed by atoms with Gasteiger partial charge < -0.3 is 5.11 Å². The molecule has 0 aliphatic carbocycles. The van der Waals surface area contributed by atoms with Gasteiger partial charge in [0.05, 0.1) is 6.61 Å². The van der Waals surface area contributed by atoms with E-state index in [0.717, 1.165) is 12.5 Å². The molecule has 0 amide bonds. The summed E-state index contributed by atoms with van der Waals surface area (Å²) in [6.45, 7) is 3.72. The molecule has 0 radical (unpaired) electrons. The molecule has 1 fully saturated rings. The molecule has 0 aromatic rings. The fourth-order valence-corrected chi connectivity index (χ4v) is 1.92. The third kappa shape index (κ3) is 0.976. The summed E-state index contributed by atoms with van der Waals surface area (Å²) in [5.74, 6) is 0.746. The van der Waals surface area contributed by atoms with Crippen molar-refractivity contribution in [2.45, 2.75) is 6.42 Å². The van der Waals surface area contributed by atoms with Gasteiger partial charge in [-0.1, -0.05) is 6.08 Å². The molecule has 0 aromatic heterocycles. The molecule has 2 bridgehead atoms. The highest BCUT2D eigenvalue weighted by molar-refractivity contribution is 5.13. The maximum Gasteiger partial charge on any atom is 0.0654 e. The maximum atomic E-state index is 8.86. The average molecular weight is 139 g/mol. The van der Waals surface area contributed by atoms with Gasteiger partial charge in [-0.25, -0.2) is 0 Å². The van der Waals surface area contributed by atoms with Crippen molar-refractivity contribution >= 4 is 0 Å². The number of hydrogen-bond donors (Lipinski definition) is 1. The van der Waals surface area contributed by atoms with Crippen LogP contribution in [0.2, 0.25) is 0 Å². The van der Waals surface area contributed by atoms with E-state index in [1.165, 1.54) is 25.1 Å². The van der Waals surface area contributed by atoms with E-state index >= 15 is 0 Å². The molecule has 2 nitrogen and oxygen atoms in total. The first-order valence-electron chi connectivity index (χ1n) is 3.91. The van der Waals surface area contributed by atoms with Gasteiger partial charge in [-0.05, 0) is 24.5 Å². The molecule has 1 saturated heterocycles. The first-order valence-corrected chi connectivity index (χ1v) is 3.91. The van der Waals surface area contributed by atoms with Crippen LogP contribution in [0, 0.1) is 5.92 Å². The zero-order valence-corrected chi connectivity index (χ0v) is 6.08. The first-order chi connectivity index (χ1) is 4.88. The number of aliphatic hydroxyl groups excluding tert-OH is 1. The zero-order valence-electron chi connectivity index (χ0n) is 6.08. The van der Waals surface area contributed by atoms with E-state index in [-0.39, 0.29) is 6.61 Å². The Morgan fingerprint density at radius 1 is 1.70 bits per heavy atom. The highest BCUT2D eigenvalue weighted by Crippen LogP contribution is 2.24. The highest BCUT2D eigenvalue weighted by Gasteiger charge is 2.25. The van der Waals surface area contributed by atoms with Crippen LogP contribution >= 0.6 is 0 Å². The Balaban J connectivity index is 2.12. The lowest BCUT2D eigenvalue weighted by Gasteiger charge is -2.21. The quantitative estimate of drug-likeness (QED) is 0.526. The summed E-state index contributed by atoms with van der Waals surface area (Å²) in [4.78, 5) is 2.41. The SMILES string of the molecule is OCC1=CC2CCN(C1)C2. The van der Waals surface area contributed by atoms with E-state index in [1.54, 1.807) is 0 Å². The summed E-state index contributed by atoms with van der Waals surface area (Å²) in [6.07, 6.45) is 3.55. The molecule has 0 saturated carbocycles. The lowest BCUT2D eigenvalue weighted by atomic mass is 10.0. The van der Waals surface area contributed by atoms with Crippen LogP contribution in [0.1, 0.15) is 6.42 Å². The summed E-state index contributed by atoms with van der Waals surface area (Å²) >= 11 is 0. The molecule has 0 spiro atoms. The van der Waals surface area contributed by atoms with Gasteiger partial charge in [-0.3, -0.25) is 4.90 Å². The van der Waals surface area contributed by atoms with Crippen LogP contribution in [-0.2, 0) is 0 Å². The van der Waals surface area contributed by atoms with Gasteiger partial charge in [0.15, 0.2) is 0 Å². The van der Waals surface area contributed by atoms with Crippen LogP contribution in [-0.4, -0.2) is 36.2 Å². The Labute approximate surface area is 61.1 Å². The first kappa shape index (κ1) is 6.38. The fourth-order valence-electron chi connectivity index (χ4n) is 1.92. The molecule has 56 valence electrons. The van der Waals surface area contributed by atoms with Crippen LogP contribution in [0.25, 0.3) is 0 Å². The molecular weight excluding hydrogens is 126 g/mol. The number of hydrogen-bond acceptors (Lipinski definition) is 2. The van der Waals surface area contributed by atoms with Crippen molar-refractivity contribution < 1.29 is 5.11 Å². The molecule has 2 rings (SSSR count). The second kappa shape index (κ2) is 2.36. The predicted molar refractivity (Wildman–Crippen MR) is 39.7 cm³/mol. The number of nitrogens with zero attached hydrogens (tertiary/aromatic N) is 1. The maximum absolute atomic E-state index is 8.86. The minimum atomic E-state index is 0.257. The van der Waals surface area contributed by atoms with Crippen molar-refractivity contribution in [3.63, 3.8) is 0 Å². The second-order valence-electron chi connectivity index (χ2n) is 3.27. The van der Waals surface area contributed by atoms with Crippen molar-refractivity contribution in [1.82, 2.24) is 4.90 Å². The molecule has 2 aliphatic heterocycles. The zero-order chi connectivity index (χ0) is 6.97. The number of fused-ring (bicyclic) bond motifs is 2. The van der Waals surface area contributed by atoms with E-state index in [1.807, 2.05) is 0 Å². The largest absolute Gasteiger partial charge is 0.392 e. The topological polar surface area (TPSA) is 23.5 Å². The lowest BCUT2D eigenvalue weighted by Crippen LogP contribution is -2.27. The fraction of sp³-hybridized carbons (Fsp3) is 0.750. The molecule has 0 aromatic carbocycles. The molecule has 1 N–H and O–H groups in total. The minimum Gasteiger partial charge on any atom is -0.392 e. The third-order valence-electron chi connectivity index (χ3n) is 2.41. The standard InChI is InChI=1S/C8H13NO/c10-6-8-3-7-1-2-9(4-7)5-8/h3,7,10H,1-2,4-6H2. The van der Waals surface area contributed by atoms with E-state index in [2.05, 4.69) is 11.0 Å². The van der Waals surface area contributed by atoms with Gasteiger partial charge in [0.2, 0.25) is 0 Å². The van der Waals surface area contributed by atoms with Gasteiger partial charge >= 0.3 is 0 Å². The summed E-state index contributed by atoms with van der Waals surface area (Å²) in [5, 5.41) is 8.86. The van der Waals surface area contributed by atoms with Crippen LogP contribution in [0.15, 0.2) is 11.6 Å². The van der Waals surface area contributed by atoms with Crippen molar-refractivity contribution in [3.05, 3.63) is 11.6 Å². The predicted octanol–water partition coefficient (Wildman–Crippen LogP) is 0.241. The van der Waals surface area contributed by atoms with Gasteiger partial charge in [-0.15, -0.1) is 0 Å². The van der Waals surface area contributed by atoms with Crippen LogP contribution in [0.3, 0.4) is 0 Å². The van der Waals surface area contributed by atoms with E-state index in [4.69, 9.17) is 5.11 Å². The molecule has 2 heterocycles. The van der Waals surface area contributed by atoms with Crippen LogP contribution < -0.4 is 0 Å². The molecular formula is C8H13NO. The Kier molecular flexibility index (Phi) is 1.51. The van der Waals surface area contributed by atoms with Gasteiger partial charge in [0.25, 0.3) is 0 Å². The third-order valence-corrected chi connectivity index (χ3v) is 2.41. The number of rotatable bonds is 1. The van der Waals surface area contributed by atoms with E-state index in [0.29, 0.717) is 0 Å². The Bertz CT molecular complexity index is 165. The van der Waals surface area contributed by atoms with Crippen molar-refractivity contribution in [1.29, 1.82) is 0 Å². The molecule has 2 heteroatoms. The monoisotopic (exact) mass is 139 g/mol. The summed E-state index contributed by atoms with van der Waals surface area (Å²) < 4.78 is 0. The summed E-state index contributed by atoms with van der Waals surface area (Å²) in [6, 6.07) is 0. The van der Waals surface area contributed by atoms with Crippen molar-refractivity contribution in [3.8, 4) is 0 Å². The molecule has 2 unspecified atom stereocenters. The van der Waals surface area contributed by atoms with Crippen LogP contribution in [0.5, 0.6) is 0 Å². The normalized spacial score (nSPS) is 37.9. The Morgan fingerprint density at radius 3 is 3.30 bits per heavy atom. The van der Waals surface area contributed by atoms with Crippen LogP contribution in [0.4, 0.5) is 0 Å². The van der Waals surface area contributed by atoms with Gasteiger partial charge in [0, 0.05) is 13.1 Å². The second-order valence-corrected chi connectivity index (χ2v) is 3.27.